The van der Waals surface area contributed by atoms with Crippen LogP contribution in [0.2, 0.25) is 0 Å². The summed E-state index contributed by atoms with van der Waals surface area (Å²) in [6.07, 6.45) is 20.5. The van der Waals surface area contributed by atoms with Crippen molar-refractivity contribution < 1.29 is 0 Å². The molecule has 0 nitrogen and oxygen atoms in total. The first-order chi connectivity index (χ1) is 8.77. The van der Waals surface area contributed by atoms with Crippen LogP contribution >= 0.6 is 0 Å². The molecule has 0 saturated heterocycles. The molecule has 0 aromatic rings. The fourth-order valence-electron chi connectivity index (χ4n) is 2.57. The van der Waals surface area contributed by atoms with Gasteiger partial charge in [0.15, 0.2) is 0 Å². The normalized spacial score (nSPS) is 11.3. The van der Waals surface area contributed by atoms with Crippen molar-refractivity contribution in [3.05, 3.63) is 0 Å². The molecule has 0 atom stereocenters. The van der Waals surface area contributed by atoms with Gasteiger partial charge in [0.05, 0.1) is 0 Å². The van der Waals surface area contributed by atoms with Gasteiger partial charge in [-0.1, -0.05) is 111 Å². The zero-order valence-electron chi connectivity index (χ0n) is 13.5. The molecule has 18 heavy (non-hydrogen) atoms. The van der Waals surface area contributed by atoms with Crippen molar-refractivity contribution in [3.8, 4) is 0 Å². The van der Waals surface area contributed by atoms with Crippen LogP contribution in [0.15, 0.2) is 0 Å². The minimum absolute atomic E-state index is 0.901. The maximum atomic E-state index is 2.33. The minimum atomic E-state index is 0.901. The Hall–Kier alpha value is 0. The van der Waals surface area contributed by atoms with Crippen molar-refractivity contribution in [3.63, 3.8) is 0 Å². The van der Waals surface area contributed by atoms with Gasteiger partial charge in [0.25, 0.3) is 0 Å². The Morgan fingerprint density at radius 3 is 1.17 bits per heavy atom. The topological polar surface area (TPSA) is 0 Å². The molecule has 0 rings (SSSR count). The average molecular weight is 255 g/mol. The van der Waals surface area contributed by atoms with Gasteiger partial charge in [0.1, 0.15) is 0 Å². The molecular weight excluding hydrogens is 216 g/mol. The highest BCUT2D eigenvalue weighted by Crippen LogP contribution is 2.14. The number of unbranched alkanes of at least 4 members (excludes halogenated alkanes) is 12. The van der Waals surface area contributed by atoms with Crippen molar-refractivity contribution in [2.45, 2.75) is 111 Å². The van der Waals surface area contributed by atoms with Crippen LogP contribution in [0.25, 0.3) is 0 Å². The van der Waals surface area contributed by atoms with E-state index >= 15 is 0 Å². The Kier molecular flexibility index (Phi) is 15.1. The number of rotatable bonds is 14. The molecular formula is C18H38. The maximum Gasteiger partial charge on any atom is -0.0471 e. The second kappa shape index (κ2) is 15.1. The summed E-state index contributed by atoms with van der Waals surface area (Å²) in [5, 5.41) is 0. The third-order valence-electron chi connectivity index (χ3n) is 3.89. The maximum absolute atomic E-state index is 2.33. The standard InChI is InChI=1S/C18H38/c1-4-5-6-7-8-9-10-11-12-13-14-15-16-17-18(2)3/h18H,4-17H2,1-3H3. The zero-order valence-corrected chi connectivity index (χ0v) is 13.5. The Balaban J connectivity index is 2.90. The van der Waals surface area contributed by atoms with Crippen molar-refractivity contribution in [2.24, 2.45) is 5.92 Å². The van der Waals surface area contributed by atoms with E-state index in [2.05, 4.69) is 20.8 Å². The lowest BCUT2D eigenvalue weighted by Gasteiger charge is -2.04. The fourth-order valence-corrected chi connectivity index (χ4v) is 2.57. The second-order valence-corrected chi connectivity index (χ2v) is 6.43. The molecule has 0 unspecified atom stereocenters. The summed E-state index contributed by atoms with van der Waals surface area (Å²) in [4.78, 5) is 0. The van der Waals surface area contributed by atoms with Gasteiger partial charge < -0.3 is 0 Å². The van der Waals surface area contributed by atoms with E-state index in [1.165, 1.54) is 89.9 Å². The lowest BCUT2D eigenvalue weighted by Crippen LogP contribution is -1.87. The fraction of sp³-hybridized carbons (Fsp3) is 1.00. The minimum Gasteiger partial charge on any atom is -0.0654 e. The lowest BCUT2D eigenvalue weighted by molar-refractivity contribution is 0.503. The van der Waals surface area contributed by atoms with E-state index in [9.17, 15) is 0 Å². The van der Waals surface area contributed by atoms with Crippen LogP contribution in [0.5, 0.6) is 0 Å². The van der Waals surface area contributed by atoms with E-state index in [1.54, 1.807) is 0 Å². The molecule has 0 aliphatic heterocycles. The number of hydrogen-bond acceptors (Lipinski definition) is 0. The van der Waals surface area contributed by atoms with Crippen LogP contribution in [0.4, 0.5) is 0 Å². The summed E-state index contributed by atoms with van der Waals surface area (Å²) < 4.78 is 0. The van der Waals surface area contributed by atoms with Gasteiger partial charge in [-0.2, -0.15) is 0 Å². The van der Waals surface area contributed by atoms with Crippen molar-refractivity contribution >= 4 is 0 Å². The lowest BCUT2D eigenvalue weighted by atomic mass is 10.0. The Bertz CT molecular complexity index is 137. The molecule has 0 radical (unpaired) electrons. The van der Waals surface area contributed by atoms with E-state index in [4.69, 9.17) is 0 Å². The monoisotopic (exact) mass is 254 g/mol. The first-order valence-corrected chi connectivity index (χ1v) is 8.77. The van der Waals surface area contributed by atoms with Gasteiger partial charge in [0.2, 0.25) is 0 Å². The molecule has 0 aromatic heterocycles. The van der Waals surface area contributed by atoms with Gasteiger partial charge in [-0.15, -0.1) is 0 Å². The molecule has 110 valence electrons. The van der Waals surface area contributed by atoms with E-state index in [1.807, 2.05) is 0 Å². The summed E-state index contributed by atoms with van der Waals surface area (Å²) in [6.45, 7) is 6.96. The molecule has 0 bridgehead atoms. The molecule has 0 fully saturated rings. The first kappa shape index (κ1) is 18.0. The van der Waals surface area contributed by atoms with Gasteiger partial charge in [-0.25, -0.2) is 0 Å². The van der Waals surface area contributed by atoms with Gasteiger partial charge in [0, 0.05) is 0 Å². The van der Waals surface area contributed by atoms with Crippen LogP contribution in [-0.4, -0.2) is 0 Å². The molecule has 0 N–H and O–H groups in total. The average Bonchev–Trinajstić information content (AvgIpc) is 2.34. The van der Waals surface area contributed by atoms with Crippen LogP contribution in [0.1, 0.15) is 111 Å². The largest absolute Gasteiger partial charge is 0.0654 e. The smallest absolute Gasteiger partial charge is 0.0471 e. The SMILES string of the molecule is CCCCCCCCCCCCCCCC(C)C. The highest BCUT2D eigenvalue weighted by molar-refractivity contribution is 4.50. The molecule has 0 amide bonds. The van der Waals surface area contributed by atoms with Crippen LogP contribution in [-0.2, 0) is 0 Å². The van der Waals surface area contributed by atoms with Crippen LogP contribution < -0.4 is 0 Å². The molecule has 0 heteroatoms. The van der Waals surface area contributed by atoms with Gasteiger partial charge in [-0.05, 0) is 5.92 Å². The van der Waals surface area contributed by atoms with Crippen molar-refractivity contribution in [1.29, 1.82) is 0 Å². The molecule has 0 aliphatic carbocycles. The van der Waals surface area contributed by atoms with Gasteiger partial charge in [-0.3, -0.25) is 0 Å². The summed E-state index contributed by atoms with van der Waals surface area (Å²) >= 11 is 0. The predicted molar refractivity (Wildman–Crippen MR) is 85.2 cm³/mol. The number of hydrogen-bond donors (Lipinski definition) is 0. The highest BCUT2D eigenvalue weighted by atomic mass is 14.0. The summed E-state index contributed by atoms with van der Waals surface area (Å²) in [5.74, 6) is 0.901. The summed E-state index contributed by atoms with van der Waals surface area (Å²) in [7, 11) is 0. The van der Waals surface area contributed by atoms with Crippen LogP contribution in [0.3, 0.4) is 0 Å². The molecule has 0 aromatic carbocycles. The molecule has 0 saturated carbocycles. The Morgan fingerprint density at radius 2 is 0.833 bits per heavy atom. The van der Waals surface area contributed by atoms with Crippen molar-refractivity contribution in [1.82, 2.24) is 0 Å². The quantitative estimate of drug-likeness (QED) is 0.289. The molecule has 0 spiro atoms. The van der Waals surface area contributed by atoms with Crippen LogP contribution in [0, 0.1) is 5.92 Å². The second-order valence-electron chi connectivity index (χ2n) is 6.43. The Morgan fingerprint density at radius 1 is 0.500 bits per heavy atom. The van der Waals surface area contributed by atoms with E-state index in [-0.39, 0.29) is 0 Å². The third-order valence-corrected chi connectivity index (χ3v) is 3.89. The van der Waals surface area contributed by atoms with E-state index in [0.717, 1.165) is 5.92 Å². The summed E-state index contributed by atoms with van der Waals surface area (Å²) in [5.41, 5.74) is 0. The highest BCUT2D eigenvalue weighted by Gasteiger charge is 1.95. The van der Waals surface area contributed by atoms with Crippen molar-refractivity contribution in [2.75, 3.05) is 0 Å². The first-order valence-electron chi connectivity index (χ1n) is 8.77. The van der Waals surface area contributed by atoms with E-state index < -0.39 is 0 Å². The molecule has 0 heterocycles. The molecule has 0 aliphatic rings. The van der Waals surface area contributed by atoms with Gasteiger partial charge >= 0.3 is 0 Å². The third kappa shape index (κ3) is 16.0. The summed E-state index contributed by atoms with van der Waals surface area (Å²) in [6, 6.07) is 0. The predicted octanol–water partition coefficient (Wildman–Crippen LogP) is 7.12. The Labute approximate surface area is 117 Å². The van der Waals surface area contributed by atoms with E-state index in [0.29, 0.717) is 0 Å². The zero-order chi connectivity index (χ0) is 13.5.